The van der Waals surface area contributed by atoms with Crippen molar-refractivity contribution in [3.63, 3.8) is 0 Å². The molecule has 0 aliphatic carbocycles. The summed E-state index contributed by atoms with van der Waals surface area (Å²) in [6, 6.07) is 0.716. The van der Waals surface area contributed by atoms with Gasteiger partial charge in [0, 0.05) is 6.54 Å². The molecule has 0 radical (unpaired) electrons. The average Bonchev–Trinajstić information content (AvgIpc) is 2.14. The Hall–Kier alpha value is -1.24. The molecule has 0 aliphatic rings. The minimum absolute atomic E-state index is 0.0389. The number of aromatic nitrogens is 1. The molecule has 0 amide bonds. The second-order valence-corrected chi connectivity index (χ2v) is 3.19. The van der Waals surface area contributed by atoms with Gasteiger partial charge in [0.15, 0.2) is 0 Å². The minimum Gasteiger partial charge on any atom is -0.326 e. The van der Waals surface area contributed by atoms with Crippen LogP contribution in [0.5, 0.6) is 0 Å². The van der Waals surface area contributed by atoms with Gasteiger partial charge in [0.2, 0.25) is 0 Å². The van der Waals surface area contributed by atoms with Crippen LogP contribution >= 0.6 is 0 Å². The lowest BCUT2D eigenvalue weighted by Gasteiger charge is -2.13. The van der Waals surface area contributed by atoms with Gasteiger partial charge in [-0.3, -0.25) is 0 Å². The Balaban J connectivity index is 3.40. The predicted octanol–water partition coefficient (Wildman–Crippen LogP) is 2.81. The fourth-order valence-electron chi connectivity index (χ4n) is 1.32. The molecule has 0 saturated carbocycles. The molecule has 1 aromatic rings. The van der Waals surface area contributed by atoms with Crippen LogP contribution in [0.1, 0.15) is 28.9 Å². The molecule has 0 aliphatic heterocycles. The summed E-state index contributed by atoms with van der Waals surface area (Å²) in [6.07, 6.45) is -7.80. The predicted molar refractivity (Wildman–Crippen MR) is 46.8 cm³/mol. The van der Waals surface area contributed by atoms with Crippen molar-refractivity contribution in [2.45, 2.75) is 26.1 Å². The van der Waals surface area contributed by atoms with Crippen LogP contribution in [0.15, 0.2) is 6.07 Å². The Morgan fingerprint density at radius 2 is 1.94 bits per heavy atom. The molecule has 0 aromatic carbocycles. The fraction of sp³-hybridized carbons (Fsp3) is 0.444. The summed E-state index contributed by atoms with van der Waals surface area (Å²) in [6.45, 7) is 1.03. The Labute approximate surface area is 88.3 Å². The second kappa shape index (κ2) is 4.32. The third-order valence-corrected chi connectivity index (χ3v) is 2.08. The lowest BCUT2D eigenvalue weighted by atomic mass is 10.1. The standard InChI is InChI=1S/C9H9F5N2/c1-4-2-6(9(12,13)14)16-7(8(10)11)5(4)3-15/h2,8H,3,15H2,1H3. The van der Waals surface area contributed by atoms with Gasteiger partial charge in [0.05, 0.1) is 0 Å². The first-order valence-corrected chi connectivity index (χ1v) is 4.33. The van der Waals surface area contributed by atoms with E-state index in [1.807, 2.05) is 0 Å². The maximum Gasteiger partial charge on any atom is 0.433 e. The zero-order valence-corrected chi connectivity index (χ0v) is 8.28. The highest BCUT2D eigenvalue weighted by atomic mass is 19.4. The van der Waals surface area contributed by atoms with Crippen molar-refractivity contribution in [2.24, 2.45) is 5.73 Å². The van der Waals surface area contributed by atoms with Gasteiger partial charge in [-0.15, -0.1) is 0 Å². The molecule has 0 saturated heterocycles. The lowest BCUT2D eigenvalue weighted by Crippen LogP contribution is -2.14. The van der Waals surface area contributed by atoms with Crippen LogP contribution in [0.2, 0.25) is 0 Å². The van der Waals surface area contributed by atoms with Crippen LogP contribution in [-0.4, -0.2) is 4.98 Å². The molecule has 0 spiro atoms. The molecular weight excluding hydrogens is 231 g/mol. The number of alkyl halides is 5. The van der Waals surface area contributed by atoms with Crippen LogP contribution in [0, 0.1) is 6.92 Å². The largest absolute Gasteiger partial charge is 0.433 e. The lowest BCUT2D eigenvalue weighted by molar-refractivity contribution is -0.141. The Morgan fingerprint density at radius 3 is 2.31 bits per heavy atom. The van der Waals surface area contributed by atoms with Crippen molar-refractivity contribution in [1.29, 1.82) is 0 Å². The number of halogens is 5. The molecule has 7 heteroatoms. The molecule has 1 rings (SSSR count). The Bertz CT molecular complexity index is 386. The molecule has 0 fully saturated rings. The molecule has 0 atom stereocenters. The van der Waals surface area contributed by atoms with Crippen molar-refractivity contribution in [1.82, 2.24) is 4.98 Å². The van der Waals surface area contributed by atoms with E-state index in [4.69, 9.17) is 5.73 Å². The third-order valence-electron chi connectivity index (χ3n) is 2.08. The van der Waals surface area contributed by atoms with E-state index in [-0.39, 0.29) is 17.7 Å². The van der Waals surface area contributed by atoms with Gasteiger partial charge in [0.25, 0.3) is 6.43 Å². The Morgan fingerprint density at radius 1 is 1.38 bits per heavy atom. The molecule has 0 unspecified atom stereocenters. The van der Waals surface area contributed by atoms with E-state index in [2.05, 4.69) is 4.98 Å². The van der Waals surface area contributed by atoms with Gasteiger partial charge in [-0.05, 0) is 24.1 Å². The molecule has 2 nitrogen and oxygen atoms in total. The van der Waals surface area contributed by atoms with Crippen molar-refractivity contribution >= 4 is 0 Å². The summed E-state index contributed by atoms with van der Waals surface area (Å²) < 4.78 is 61.9. The zero-order valence-electron chi connectivity index (χ0n) is 8.28. The van der Waals surface area contributed by atoms with E-state index in [0.717, 1.165) is 0 Å². The normalized spacial score (nSPS) is 12.2. The SMILES string of the molecule is Cc1cc(C(F)(F)F)nc(C(F)F)c1CN. The number of rotatable bonds is 2. The van der Waals surface area contributed by atoms with Crippen molar-refractivity contribution in [3.8, 4) is 0 Å². The van der Waals surface area contributed by atoms with Gasteiger partial charge < -0.3 is 5.73 Å². The van der Waals surface area contributed by atoms with Crippen molar-refractivity contribution in [2.75, 3.05) is 0 Å². The van der Waals surface area contributed by atoms with Gasteiger partial charge in [-0.1, -0.05) is 0 Å². The fourth-order valence-corrected chi connectivity index (χ4v) is 1.32. The summed E-state index contributed by atoms with van der Waals surface area (Å²) in [4.78, 5) is 2.92. The van der Waals surface area contributed by atoms with E-state index in [0.29, 0.717) is 6.07 Å². The summed E-state index contributed by atoms with van der Waals surface area (Å²) >= 11 is 0. The molecular formula is C9H9F5N2. The second-order valence-electron chi connectivity index (χ2n) is 3.19. The highest BCUT2D eigenvalue weighted by Gasteiger charge is 2.34. The summed E-state index contributed by atoms with van der Waals surface area (Å²) in [5, 5.41) is 0. The average molecular weight is 240 g/mol. The van der Waals surface area contributed by atoms with Gasteiger partial charge >= 0.3 is 6.18 Å². The van der Waals surface area contributed by atoms with E-state index < -0.39 is 24.0 Å². The maximum absolute atomic E-state index is 12.5. The van der Waals surface area contributed by atoms with Crippen LogP contribution in [0.25, 0.3) is 0 Å². The third kappa shape index (κ3) is 2.46. The quantitative estimate of drug-likeness (QED) is 0.807. The first-order valence-electron chi connectivity index (χ1n) is 4.33. The molecule has 90 valence electrons. The minimum atomic E-state index is -4.73. The summed E-state index contributed by atoms with van der Waals surface area (Å²) in [5.74, 6) is 0. The Kier molecular flexibility index (Phi) is 3.47. The van der Waals surface area contributed by atoms with Gasteiger partial charge in [0.1, 0.15) is 11.4 Å². The molecule has 2 N–H and O–H groups in total. The number of aryl methyl sites for hydroxylation is 1. The molecule has 16 heavy (non-hydrogen) atoms. The molecule has 0 bridgehead atoms. The first kappa shape index (κ1) is 12.8. The summed E-state index contributed by atoms with van der Waals surface area (Å²) in [5.41, 5.74) is 3.01. The van der Waals surface area contributed by atoms with Gasteiger partial charge in [-0.2, -0.15) is 13.2 Å². The number of nitrogens with zero attached hydrogens (tertiary/aromatic N) is 1. The summed E-state index contributed by atoms with van der Waals surface area (Å²) in [7, 11) is 0. The van der Waals surface area contributed by atoms with Gasteiger partial charge in [-0.25, -0.2) is 13.8 Å². The van der Waals surface area contributed by atoms with E-state index >= 15 is 0 Å². The van der Waals surface area contributed by atoms with E-state index in [1.165, 1.54) is 6.92 Å². The number of hydrogen-bond acceptors (Lipinski definition) is 2. The van der Waals surface area contributed by atoms with E-state index in [9.17, 15) is 22.0 Å². The van der Waals surface area contributed by atoms with Crippen LogP contribution < -0.4 is 5.73 Å². The maximum atomic E-state index is 12.5. The number of hydrogen-bond donors (Lipinski definition) is 1. The molecule has 1 aromatic heterocycles. The first-order chi connectivity index (χ1) is 7.27. The highest BCUT2D eigenvalue weighted by Crippen LogP contribution is 2.32. The zero-order chi connectivity index (χ0) is 12.5. The highest BCUT2D eigenvalue weighted by molar-refractivity contribution is 5.33. The van der Waals surface area contributed by atoms with Crippen molar-refractivity contribution in [3.05, 3.63) is 28.6 Å². The number of pyridine rings is 1. The van der Waals surface area contributed by atoms with Crippen LogP contribution in [0.3, 0.4) is 0 Å². The molecule has 1 heterocycles. The van der Waals surface area contributed by atoms with Crippen molar-refractivity contribution < 1.29 is 22.0 Å². The smallest absolute Gasteiger partial charge is 0.326 e. The monoisotopic (exact) mass is 240 g/mol. The number of nitrogens with two attached hydrogens (primary N) is 1. The topological polar surface area (TPSA) is 38.9 Å². The van der Waals surface area contributed by atoms with Crippen LogP contribution in [-0.2, 0) is 12.7 Å². The van der Waals surface area contributed by atoms with Crippen LogP contribution in [0.4, 0.5) is 22.0 Å². The van der Waals surface area contributed by atoms with E-state index in [1.54, 1.807) is 0 Å².